The Morgan fingerprint density at radius 3 is 2.35 bits per heavy atom. The smallest absolute Gasteiger partial charge is 0.272 e. The molecule has 194 valence electrons. The first-order valence-electron chi connectivity index (χ1n) is 11.3. The van der Waals surface area contributed by atoms with Crippen LogP contribution in [-0.2, 0) is 25.8 Å². The van der Waals surface area contributed by atoms with E-state index in [2.05, 4.69) is 15.7 Å². The number of hydrazone groups is 1. The van der Waals surface area contributed by atoms with E-state index >= 15 is 0 Å². The molecule has 3 rings (SSSR count). The van der Waals surface area contributed by atoms with E-state index in [1.54, 1.807) is 26.0 Å². The quantitative estimate of drug-likeness (QED) is 0.139. The molecular formula is C26H27ClN4O5S. The Bertz CT molecular complexity index is 1440. The number of nitrogens with one attached hydrogen (secondary N) is 2. The summed E-state index contributed by atoms with van der Waals surface area (Å²) in [6.45, 7) is 3.34. The summed E-state index contributed by atoms with van der Waals surface area (Å²) in [6, 6.07) is 17.7. The average Bonchev–Trinajstić information content (AvgIpc) is 2.86. The molecule has 5 N–H and O–H groups in total. The summed E-state index contributed by atoms with van der Waals surface area (Å²) in [5, 5.41) is 17.6. The zero-order valence-corrected chi connectivity index (χ0v) is 21.8. The van der Waals surface area contributed by atoms with Gasteiger partial charge in [-0.3, -0.25) is 9.59 Å². The molecule has 0 spiro atoms. The number of halogens is 1. The van der Waals surface area contributed by atoms with Crippen LogP contribution in [-0.4, -0.2) is 36.3 Å². The van der Waals surface area contributed by atoms with Crippen LogP contribution in [0.4, 0.5) is 11.4 Å². The van der Waals surface area contributed by atoms with Crippen LogP contribution in [0, 0.1) is 6.92 Å². The van der Waals surface area contributed by atoms with Crippen LogP contribution < -0.4 is 16.5 Å². The summed E-state index contributed by atoms with van der Waals surface area (Å²) >= 11 is 6.29. The number of sulfone groups is 1. The third-order valence-electron chi connectivity index (χ3n) is 5.58. The van der Waals surface area contributed by atoms with Crippen LogP contribution in [0.15, 0.2) is 76.7 Å². The number of nitrogens with two attached hydrogens (primary N) is 1. The van der Waals surface area contributed by atoms with Crippen molar-refractivity contribution in [2.24, 2.45) is 10.9 Å². The minimum atomic E-state index is -3.98. The van der Waals surface area contributed by atoms with Gasteiger partial charge in [0.15, 0.2) is 9.84 Å². The molecule has 1 unspecified atom stereocenters. The lowest BCUT2D eigenvalue weighted by Crippen LogP contribution is -2.34. The molecule has 9 nitrogen and oxygen atoms in total. The predicted molar refractivity (Wildman–Crippen MR) is 145 cm³/mol. The van der Waals surface area contributed by atoms with Crippen LogP contribution in [0.25, 0.3) is 0 Å². The number of anilines is 2. The molecule has 0 radical (unpaired) electrons. The first-order valence-corrected chi connectivity index (χ1v) is 13.2. The standard InChI is InChI=1S/C26H27ClN4O5S/c1-3-24(37(35,36)18-11-7-8-16(2)12-18)26(34)29-20-15-23(32)21(14-19(20)27)30-25(33)22(31-28)13-17-9-5-4-6-10-17/h4-12,14-15,24,32H,3,13,28H2,1-2H3,(H,29,34)(H,30,33)/b31-22+. The van der Waals surface area contributed by atoms with Crippen molar-refractivity contribution in [2.75, 3.05) is 10.6 Å². The zero-order chi connectivity index (χ0) is 27.2. The summed E-state index contributed by atoms with van der Waals surface area (Å²) in [5.41, 5.74) is 1.52. The van der Waals surface area contributed by atoms with Gasteiger partial charge in [0, 0.05) is 12.5 Å². The van der Waals surface area contributed by atoms with Gasteiger partial charge in [-0.25, -0.2) is 8.42 Å². The molecule has 0 heterocycles. The third-order valence-corrected chi connectivity index (χ3v) is 8.10. The summed E-state index contributed by atoms with van der Waals surface area (Å²) < 4.78 is 26.2. The Morgan fingerprint density at radius 2 is 1.73 bits per heavy atom. The van der Waals surface area contributed by atoms with E-state index in [4.69, 9.17) is 17.4 Å². The van der Waals surface area contributed by atoms with Gasteiger partial charge in [-0.2, -0.15) is 5.10 Å². The van der Waals surface area contributed by atoms with E-state index < -0.39 is 32.7 Å². The number of phenols is 1. The highest BCUT2D eigenvalue weighted by Crippen LogP contribution is 2.34. The Hall–Kier alpha value is -3.89. The molecule has 0 aliphatic rings. The number of nitrogens with zero attached hydrogens (tertiary/aromatic N) is 1. The van der Waals surface area contributed by atoms with E-state index in [-0.39, 0.29) is 39.8 Å². The van der Waals surface area contributed by atoms with Gasteiger partial charge in [0.2, 0.25) is 5.91 Å². The van der Waals surface area contributed by atoms with Crippen LogP contribution in [0.1, 0.15) is 24.5 Å². The lowest BCUT2D eigenvalue weighted by molar-refractivity contribution is -0.116. The molecule has 0 aromatic heterocycles. The Labute approximate surface area is 220 Å². The number of hydrogen-bond acceptors (Lipinski definition) is 7. The maximum atomic E-state index is 13.1. The topological polar surface area (TPSA) is 151 Å². The first-order chi connectivity index (χ1) is 17.6. The van der Waals surface area contributed by atoms with Gasteiger partial charge in [0.25, 0.3) is 5.91 Å². The molecule has 2 amide bonds. The minimum Gasteiger partial charge on any atom is -0.506 e. The number of phenolic OH excluding ortho intramolecular Hbond substituents is 1. The van der Waals surface area contributed by atoms with Gasteiger partial charge >= 0.3 is 0 Å². The average molecular weight is 543 g/mol. The van der Waals surface area contributed by atoms with E-state index in [0.29, 0.717) is 0 Å². The molecule has 11 heteroatoms. The number of aromatic hydroxyl groups is 1. The van der Waals surface area contributed by atoms with E-state index in [0.717, 1.165) is 17.2 Å². The van der Waals surface area contributed by atoms with Crippen molar-refractivity contribution in [1.29, 1.82) is 0 Å². The summed E-state index contributed by atoms with van der Waals surface area (Å²) in [7, 11) is -3.98. The number of hydrogen-bond donors (Lipinski definition) is 4. The van der Waals surface area contributed by atoms with Crippen molar-refractivity contribution in [3.05, 3.63) is 82.9 Å². The molecule has 0 aliphatic carbocycles. The first kappa shape index (κ1) is 27.7. The van der Waals surface area contributed by atoms with E-state index in [1.165, 1.54) is 18.2 Å². The SMILES string of the molecule is CCC(C(=O)Nc1cc(O)c(NC(=O)/C(Cc2ccccc2)=N/N)cc1Cl)S(=O)(=O)c1cccc(C)c1. The van der Waals surface area contributed by atoms with Gasteiger partial charge < -0.3 is 21.6 Å². The second-order valence-corrected chi connectivity index (χ2v) is 10.8. The molecule has 1 atom stereocenters. The van der Waals surface area contributed by atoms with Gasteiger partial charge in [-0.15, -0.1) is 0 Å². The maximum absolute atomic E-state index is 13.1. The lowest BCUT2D eigenvalue weighted by atomic mass is 10.1. The van der Waals surface area contributed by atoms with Crippen molar-refractivity contribution >= 4 is 50.3 Å². The van der Waals surface area contributed by atoms with Crippen molar-refractivity contribution in [3.63, 3.8) is 0 Å². The van der Waals surface area contributed by atoms with E-state index in [1.807, 2.05) is 30.3 Å². The second kappa shape index (κ2) is 11.9. The van der Waals surface area contributed by atoms with Crippen LogP contribution in [0.2, 0.25) is 5.02 Å². The van der Waals surface area contributed by atoms with Gasteiger partial charge in [0.1, 0.15) is 16.7 Å². The number of rotatable bonds is 9. The molecular weight excluding hydrogens is 516 g/mol. The minimum absolute atomic E-state index is 0.0163. The highest BCUT2D eigenvalue weighted by atomic mass is 35.5. The zero-order valence-electron chi connectivity index (χ0n) is 20.2. The molecule has 37 heavy (non-hydrogen) atoms. The maximum Gasteiger partial charge on any atom is 0.272 e. The fourth-order valence-electron chi connectivity index (χ4n) is 3.64. The number of amides is 2. The monoisotopic (exact) mass is 542 g/mol. The van der Waals surface area contributed by atoms with Crippen LogP contribution in [0.3, 0.4) is 0 Å². The van der Waals surface area contributed by atoms with Crippen molar-refractivity contribution in [1.82, 2.24) is 0 Å². The van der Waals surface area contributed by atoms with Crippen molar-refractivity contribution in [2.45, 2.75) is 36.8 Å². The fraction of sp³-hybridized carbons (Fsp3) is 0.192. The Kier molecular flexibility index (Phi) is 8.90. The van der Waals surface area contributed by atoms with Crippen molar-refractivity contribution in [3.8, 4) is 5.75 Å². The Morgan fingerprint density at radius 1 is 1.03 bits per heavy atom. The second-order valence-electron chi connectivity index (χ2n) is 8.29. The van der Waals surface area contributed by atoms with Gasteiger partial charge in [-0.1, -0.05) is 61.0 Å². The number of carbonyl (C=O) groups is 2. The predicted octanol–water partition coefficient (Wildman–Crippen LogP) is 4.04. The molecule has 0 saturated heterocycles. The summed E-state index contributed by atoms with van der Waals surface area (Å²) in [5.74, 6) is 3.54. The van der Waals surface area contributed by atoms with Crippen LogP contribution in [0.5, 0.6) is 5.75 Å². The summed E-state index contributed by atoms with van der Waals surface area (Å²) in [6.07, 6.45) is 0.183. The normalized spacial score (nSPS) is 12.6. The van der Waals surface area contributed by atoms with Gasteiger partial charge in [0.05, 0.1) is 21.3 Å². The Balaban J connectivity index is 1.77. The number of aryl methyl sites for hydroxylation is 1. The highest BCUT2D eigenvalue weighted by molar-refractivity contribution is 7.92. The largest absolute Gasteiger partial charge is 0.506 e. The highest BCUT2D eigenvalue weighted by Gasteiger charge is 2.33. The number of benzene rings is 3. The lowest BCUT2D eigenvalue weighted by Gasteiger charge is -2.18. The van der Waals surface area contributed by atoms with Gasteiger partial charge in [-0.05, 0) is 42.7 Å². The molecule has 3 aromatic carbocycles. The molecule has 0 aliphatic heterocycles. The number of carbonyl (C=O) groups excluding carboxylic acids is 2. The molecule has 0 bridgehead atoms. The molecule has 0 saturated carbocycles. The van der Waals surface area contributed by atoms with Crippen molar-refractivity contribution < 1.29 is 23.1 Å². The molecule has 0 fully saturated rings. The molecule has 3 aromatic rings. The van der Waals surface area contributed by atoms with Crippen LogP contribution >= 0.6 is 11.6 Å². The van der Waals surface area contributed by atoms with E-state index in [9.17, 15) is 23.1 Å². The summed E-state index contributed by atoms with van der Waals surface area (Å²) in [4.78, 5) is 25.6. The third kappa shape index (κ3) is 6.66. The fourth-order valence-corrected chi connectivity index (χ4v) is 5.58.